The normalized spacial score (nSPS) is 32.3. The van der Waals surface area contributed by atoms with Crippen LogP contribution >= 0.6 is 11.8 Å². The van der Waals surface area contributed by atoms with Gasteiger partial charge in [-0.25, -0.2) is 0 Å². The second-order valence-electron chi connectivity index (χ2n) is 3.47. The lowest BCUT2D eigenvalue weighted by Gasteiger charge is -2.20. The van der Waals surface area contributed by atoms with Crippen molar-refractivity contribution >= 4 is 18.0 Å². The van der Waals surface area contributed by atoms with Crippen molar-refractivity contribution in [3.8, 4) is 0 Å². The molecule has 0 aromatic heterocycles. The molecular formula is C11H13NS. The molecule has 0 amide bonds. The van der Waals surface area contributed by atoms with Gasteiger partial charge in [-0.1, -0.05) is 30.3 Å². The Kier molecular flexibility index (Phi) is 2.16. The van der Waals surface area contributed by atoms with Crippen LogP contribution in [0.25, 0.3) is 0 Å². The van der Waals surface area contributed by atoms with Crippen LogP contribution in [0.2, 0.25) is 0 Å². The highest BCUT2D eigenvalue weighted by atomic mass is 32.2. The number of hydrogen-bond donors (Lipinski definition) is 0. The minimum absolute atomic E-state index is 0.0840. The molecule has 13 heavy (non-hydrogen) atoms. The highest BCUT2D eigenvalue weighted by molar-refractivity contribution is 8.01. The van der Waals surface area contributed by atoms with Gasteiger partial charge < -0.3 is 0 Å². The largest absolute Gasteiger partial charge is 0.282 e. The number of rotatable bonds is 1. The molecule has 0 radical (unpaired) electrons. The maximum atomic E-state index is 4.40. The average molecular weight is 191 g/mol. The van der Waals surface area contributed by atoms with Crippen molar-refractivity contribution in [1.82, 2.24) is 0 Å². The summed E-state index contributed by atoms with van der Waals surface area (Å²) in [5, 5.41) is 0.394. The molecule has 2 unspecified atom stereocenters. The van der Waals surface area contributed by atoms with Gasteiger partial charge >= 0.3 is 0 Å². The Morgan fingerprint density at radius 1 is 1.31 bits per heavy atom. The van der Waals surface area contributed by atoms with E-state index in [2.05, 4.69) is 49.3 Å². The number of thioether (sulfide) groups is 1. The first-order valence-electron chi connectivity index (χ1n) is 4.48. The highest BCUT2D eigenvalue weighted by Gasteiger charge is 2.31. The lowest BCUT2D eigenvalue weighted by atomic mass is 10.0. The number of hydrogen-bond acceptors (Lipinski definition) is 2. The number of benzene rings is 1. The van der Waals surface area contributed by atoms with E-state index in [-0.39, 0.29) is 4.75 Å². The van der Waals surface area contributed by atoms with Crippen molar-refractivity contribution in [1.29, 1.82) is 0 Å². The molecule has 68 valence electrons. The van der Waals surface area contributed by atoms with Crippen molar-refractivity contribution < 1.29 is 0 Å². The second-order valence-corrected chi connectivity index (χ2v) is 5.23. The summed E-state index contributed by atoms with van der Waals surface area (Å²) in [4.78, 5) is 4.40. The summed E-state index contributed by atoms with van der Waals surface area (Å²) in [6, 6.07) is 10.5. The van der Waals surface area contributed by atoms with Gasteiger partial charge in [0.1, 0.15) is 0 Å². The number of nitrogens with zero attached hydrogens (tertiary/aromatic N) is 1. The molecule has 2 atom stereocenters. The Balaban J connectivity index is 2.32. The van der Waals surface area contributed by atoms with Crippen LogP contribution in [0.5, 0.6) is 0 Å². The quantitative estimate of drug-likeness (QED) is 0.664. The molecular weight excluding hydrogens is 178 g/mol. The summed E-state index contributed by atoms with van der Waals surface area (Å²) in [7, 11) is 0. The Morgan fingerprint density at radius 2 is 2.00 bits per heavy atom. The van der Waals surface area contributed by atoms with Gasteiger partial charge in [0, 0.05) is 6.21 Å². The molecule has 1 heterocycles. The van der Waals surface area contributed by atoms with E-state index in [9.17, 15) is 0 Å². The average Bonchev–Trinajstić information content (AvgIpc) is 2.49. The highest BCUT2D eigenvalue weighted by Crippen LogP contribution is 2.41. The number of aliphatic imine (C=N–C) groups is 1. The fourth-order valence-corrected chi connectivity index (χ4v) is 2.80. The maximum absolute atomic E-state index is 4.40. The molecule has 1 aliphatic heterocycles. The van der Waals surface area contributed by atoms with Gasteiger partial charge in [-0.15, -0.1) is 11.8 Å². The summed E-state index contributed by atoms with van der Waals surface area (Å²) >= 11 is 1.90. The third-order valence-electron chi connectivity index (χ3n) is 2.29. The molecule has 0 aliphatic carbocycles. The molecule has 2 heteroatoms. The van der Waals surface area contributed by atoms with E-state index in [0.717, 1.165) is 0 Å². The first kappa shape index (κ1) is 8.82. The van der Waals surface area contributed by atoms with Crippen LogP contribution in [0, 0.1) is 0 Å². The zero-order valence-corrected chi connectivity index (χ0v) is 8.71. The minimum atomic E-state index is 0.0840. The van der Waals surface area contributed by atoms with Crippen molar-refractivity contribution in [3.05, 3.63) is 35.9 Å². The van der Waals surface area contributed by atoms with Gasteiger partial charge in [0.25, 0.3) is 0 Å². The molecule has 1 aromatic carbocycles. The topological polar surface area (TPSA) is 12.4 Å². The molecule has 0 bridgehead atoms. The predicted octanol–water partition coefficient (Wildman–Crippen LogP) is 3.07. The molecule has 0 saturated carbocycles. The second kappa shape index (κ2) is 3.18. The molecule has 0 spiro atoms. The molecule has 0 fully saturated rings. The van der Waals surface area contributed by atoms with E-state index in [1.165, 1.54) is 5.56 Å². The van der Waals surface area contributed by atoms with E-state index in [1.54, 1.807) is 0 Å². The van der Waals surface area contributed by atoms with E-state index in [1.807, 2.05) is 17.8 Å². The van der Waals surface area contributed by atoms with Gasteiger partial charge in [0.15, 0.2) is 0 Å². The minimum Gasteiger partial charge on any atom is -0.282 e. The van der Waals surface area contributed by atoms with E-state index < -0.39 is 0 Å². The molecule has 0 saturated heterocycles. The van der Waals surface area contributed by atoms with Gasteiger partial charge in [-0.05, 0) is 19.4 Å². The lowest BCUT2D eigenvalue weighted by Crippen LogP contribution is -2.16. The van der Waals surface area contributed by atoms with Crippen LogP contribution in [0.15, 0.2) is 35.3 Å². The molecule has 1 aromatic rings. The summed E-state index contributed by atoms with van der Waals surface area (Å²) < 4.78 is 0.0840. The van der Waals surface area contributed by atoms with Gasteiger partial charge in [0.2, 0.25) is 0 Å². The summed E-state index contributed by atoms with van der Waals surface area (Å²) in [6.45, 7) is 4.36. The van der Waals surface area contributed by atoms with Crippen LogP contribution in [0.3, 0.4) is 0 Å². The van der Waals surface area contributed by atoms with Crippen molar-refractivity contribution in [2.45, 2.75) is 24.0 Å². The Labute approximate surface area is 83.3 Å². The van der Waals surface area contributed by atoms with Gasteiger partial charge in [0.05, 0.1) is 10.1 Å². The zero-order valence-electron chi connectivity index (χ0n) is 7.90. The maximum Gasteiger partial charge on any atom is 0.0932 e. The third kappa shape index (κ3) is 1.63. The SMILES string of the molecule is CC1N=CC(C)(c2ccccc2)S1. The standard InChI is InChI=1S/C11H13NS/c1-9-12-8-11(2,13-9)10-6-4-3-5-7-10/h3-9H,1-2H3. The Bertz CT molecular complexity index is 320. The van der Waals surface area contributed by atoms with Crippen LogP contribution < -0.4 is 0 Å². The van der Waals surface area contributed by atoms with Crippen LogP contribution in [-0.2, 0) is 4.75 Å². The first-order valence-corrected chi connectivity index (χ1v) is 5.36. The monoisotopic (exact) mass is 191 g/mol. The zero-order chi connectivity index (χ0) is 9.31. The van der Waals surface area contributed by atoms with Gasteiger partial charge in [-0.2, -0.15) is 0 Å². The smallest absolute Gasteiger partial charge is 0.0932 e. The van der Waals surface area contributed by atoms with Crippen molar-refractivity contribution in [2.75, 3.05) is 0 Å². The molecule has 0 N–H and O–H groups in total. The lowest BCUT2D eigenvalue weighted by molar-refractivity contribution is 0.970. The van der Waals surface area contributed by atoms with Gasteiger partial charge in [-0.3, -0.25) is 4.99 Å². The fraction of sp³-hybridized carbons (Fsp3) is 0.364. The van der Waals surface area contributed by atoms with E-state index >= 15 is 0 Å². The summed E-state index contributed by atoms with van der Waals surface area (Å²) in [5.41, 5.74) is 1.34. The van der Waals surface area contributed by atoms with Crippen LogP contribution in [-0.4, -0.2) is 11.6 Å². The van der Waals surface area contributed by atoms with Crippen LogP contribution in [0.4, 0.5) is 0 Å². The Morgan fingerprint density at radius 3 is 2.54 bits per heavy atom. The summed E-state index contributed by atoms with van der Waals surface area (Å²) in [5.74, 6) is 0. The van der Waals surface area contributed by atoms with E-state index in [0.29, 0.717) is 5.37 Å². The molecule has 2 rings (SSSR count). The predicted molar refractivity (Wildman–Crippen MR) is 59.3 cm³/mol. The van der Waals surface area contributed by atoms with Crippen LogP contribution in [0.1, 0.15) is 19.4 Å². The third-order valence-corrected chi connectivity index (χ3v) is 3.59. The summed E-state index contributed by atoms with van der Waals surface area (Å²) in [6.07, 6.45) is 2.07. The van der Waals surface area contributed by atoms with Crippen molar-refractivity contribution in [2.24, 2.45) is 4.99 Å². The first-order chi connectivity index (χ1) is 6.21. The van der Waals surface area contributed by atoms with E-state index in [4.69, 9.17) is 0 Å². The molecule has 1 nitrogen and oxygen atoms in total. The fourth-order valence-electron chi connectivity index (χ4n) is 1.57. The molecule has 1 aliphatic rings. The van der Waals surface area contributed by atoms with Crippen molar-refractivity contribution in [3.63, 3.8) is 0 Å². The Hall–Kier alpha value is -0.760.